The summed E-state index contributed by atoms with van der Waals surface area (Å²) in [5.74, 6) is -0.304. The van der Waals surface area contributed by atoms with Crippen LogP contribution in [-0.2, 0) is 16.0 Å². The van der Waals surface area contributed by atoms with E-state index in [4.69, 9.17) is 4.74 Å². The molecule has 1 aromatic rings. The van der Waals surface area contributed by atoms with E-state index in [0.717, 1.165) is 5.56 Å². The van der Waals surface area contributed by atoms with Gasteiger partial charge in [-0.2, -0.15) is 0 Å². The zero-order valence-corrected chi connectivity index (χ0v) is 9.29. The highest BCUT2D eigenvalue weighted by molar-refractivity contribution is 5.81. The predicted octanol–water partition coefficient (Wildman–Crippen LogP) is 2.92. The second-order valence-corrected chi connectivity index (χ2v) is 4.15. The molecule has 0 aromatic heterocycles. The van der Waals surface area contributed by atoms with Crippen LogP contribution < -0.4 is 0 Å². The van der Waals surface area contributed by atoms with E-state index in [1.165, 1.54) is 12.1 Å². The minimum absolute atomic E-state index is 0.182. The van der Waals surface area contributed by atoms with Crippen molar-refractivity contribution in [2.45, 2.75) is 20.3 Å². The predicted molar refractivity (Wildman–Crippen MR) is 59.0 cm³/mol. The summed E-state index contributed by atoms with van der Waals surface area (Å²) in [6.45, 7) is 3.54. The summed E-state index contributed by atoms with van der Waals surface area (Å²) in [5, 5.41) is 0. The molecule has 1 aliphatic rings. The number of allylic oxidation sites excluding steroid dienone is 1. The minimum atomic E-state index is -0.313. The Balaban J connectivity index is 2.22. The molecule has 0 aliphatic heterocycles. The zero-order chi connectivity index (χ0) is 11.7. The number of hydrogen-bond acceptors (Lipinski definition) is 2. The Morgan fingerprint density at radius 2 is 2.19 bits per heavy atom. The second kappa shape index (κ2) is 4.08. The summed E-state index contributed by atoms with van der Waals surface area (Å²) in [6.07, 6.45) is 2.50. The van der Waals surface area contributed by atoms with E-state index in [9.17, 15) is 9.18 Å². The molecule has 0 fully saturated rings. The second-order valence-electron chi connectivity index (χ2n) is 4.15. The number of halogens is 1. The van der Waals surface area contributed by atoms with E-state index >= 15 is 0 Å². The van der Waals surface area contributed by atoms with Crippen LogP contribution in [0.3, 0.4) is 0 Å². The lowest BCUT2D eigenvalue weighted by Gasteiger charge is -2.09. The van der Waals surface area contributed by atoms with Crippen molar-refractivity contribution in [3.05, 3.63) is 41.2 Å². The van der Waals surface area contributed by atoms with Crippen LogP contribution in [0.15, 0.2) is 24.3 Å². The van der Waals surface area contributed by atoms with Gasteiger partial charge in [0.25, 0.3) is 0 Å². The largest absolute Gasteiger partial charge is 0.426 e. The van der Waals surface area contributed by atoms with E-state index < -0.39 is 0 Å². The fourth-order valence-electron chi connectivity index (χ4n) is 1.59. The molecule has 0 N–H and O–H groups in total. The van der Waals surface area contributed by atoms with Crippen molar-refractivity contribution in [3.8, 4) is 0 Å². The Hall–Kier alpha value is -1.64. The quantitative estimate of drug-likeness (QED) is 0.716. The fourth-order valence-corrected chi connectivity index (χ4v) is 1.59. The minimum Gasteiger partial charge on any atom is -0.426 e. The maximum atomic E-state index is 13.1. The molecular weight excluding hydrogens is 207 g/mol. The fraction of sp³-hybridized carbons (Fsp3) is 0.308. The molecule has 0 spiro atoms. The summed E-state index contributed by atoms with van der Waals surface area (Å²) in [6, 6.07) is 4.54. The van der Waals surface area contributed by atoms with Crippen molar-refractivity contribution in [1.29, 1.82) is 0 Å². The molecule has 2 rings (SSSR count). The van der Waals surface area contributed by atoms with E-state index in [-0.39, 0.29) is 17.7 Å². The van der Waals surface area contributed by atoms with Crippen molar-refractivity contribution in [3.63, 3.8) is 0 Å². The first kappa shape index (κ1) is 10.9. The van der Waals surface area contributed by atoms with Gasteiger partial charge in [-0.1, -0.05) is 19.9 Å². The summed E-state index contributed by atoms with van der Waals surface area (Å²) in [7, 11) is 0. The number of fused-ring (bicyclic) bond motifs is 1. The smallest absolute Gasteiger partial charge is 0.313 e. The molecule has 2 nitrogen and oxygen atoms in total. The van der Waals surface area contributed by atoms with E-state index in [1.54, 1.807) is 19.9 Å². The Kier molecular flexibility index (Phi) is 2.77. The molecule has 1 aromatic carbocycles. The Labute approximate surface area is 93.7 Å². The van der Waals surface area contributed by atoms with E-state index in [0.29, 0.717) is 17.7 Å². The highest BCUT2D eigenvalue weighted by Gasteiger charge is 2.20. The van der Waals surface area contributed by atoms with Crippen molar-refractivity contribution in [1.82, 2.24) is 0 Å². The van der Waals surface area contributed by atoms with Crippen molar-refractivity contribution >= 4 is 11.7 Å². The van der Waals surface area contributed by atoms with Gasteiger partial charge in [0, 0.05) is 5.56 Å². The average molecular weight is 220 g/mol. The van der Waals surface area contributed by atoms with E-state index in [2.05, 4.69) is 0 Å². The third-order valence-corrected chi connectivity index (χ3v) is 2.53. The molecule has 84 valence electrons. The van der Waals surface area contributed by atoms with Crippen LogP contribution in [0.1, 0.15) is 25.0 Å². The van der Waals surface area contributed by atoms with Crippen molar-refractivity contribution in [2.24, 2.45) is 5.92 Å². The van der Waals surface area contributed by atoms with Crippen LogP contribution in [0, 0.1) is 11.7 Å². The molecule has 0 unspecified atom stereocenters. The molecule has 0 saturated carbocycles. The lowest BCUT2D eigenvalue weighted by atomic mass is 10.1. The van der Waals surface area contributed by atoms with Gasteiger partial charge >= 0.3 is 5.97 Å². The highest BCUT2D eigenvalue weighted by atomic mass is 19.1. The van der Waals surface area contributed by atoms with Crippen molar-refractivity contribution in [2.75, 3.05) is 0 Å². The lowest BCUT2D eigenvalue weighted by molar-refractivity contribution is -0.140. The monoisotopic (exact) mass is 220 g/mol. The summed E-state index contributed by atoms with van der Waals surface area (Å²) in [4.78, 5) is 11.4. The molecule has 0 radical (unpaired) electrons. The molecule has 1 aliphatic carbocycles. The topological polar surface area (TPSA) is 26.3 Å². The maximum Gasteiger partial charge on any atom is 0.313 e. The van der Waals surface area contributed by atoms with Gasteiger partial charge in [-0.05, 0) is 30.2 Å². The number of hydrogen-bond donors (Lipinski definition) is 0. The Morgan fingerprint density at radius 1 is 1.44 bits per heavy atom. The van der Waals surface area contributed by atoms with Crippen LogP contribution >= 0.6 is 0 Å². The van der Waals surface area contributed by atoms with Gasteiger partial charge in [0.1, 0.15) is 11.6 Å². The molecule has 16 heavy (non-hydrogen) atoms. The SMILES string of the molecule is CC(C)C(=O)OC1=CCc2ccc(F)cc21. The highest BCUT2D eigenvalue weighted by Crippen LogP contribution is 2.29. The Morgan fingerprint density at radius 3 is 2.88 bits per heavy atom. The van der Waals surface area contributed by atoms with Gasteiger partial charge in [0.05, 0.1) is 5.92 Å². The first-order chi connectivity index (χ1) is 7.58. The molecule has 0 atom stereocenters. The number of benzene rings is 1. The third-order valence-electron chi connectivity index (χ3n) is 2.53. The summed E-state index contributed by atoms with van der Waals surface area (Å²) in [5.41, 5.74) is 1.68. The molecular formula is C13H13FO2. The van der Waals surface area contributed by atoms with Gasteiger partial charge < -0.3 is 4.74 Å². The zero-order valence-electron chi connectivity index (χ0n) is 9.29. The lowest BCUT2D eigenvalue weighted by Crippen LogP contribution is -2.10. The first-order valence-electron chi connectivity index (χ1n) is 5.28. The molecule has 0 amide bonds. The molecule has 3 heteroatoms. The van der Waals surface area contributed by atoms with Crippen LogP contribution in [0.25, 0.3) is 5.76 Å². The van der Waals surface area contributed by atoms with Crippen molar-refractivity contribution < 1.29 is 13.9 Å². The average Bonchev–Trinajstić information content (AvgIpc) is 2.61. The van der Waals surface area contributed by atoms with Gasteiger partial charge in [0.2, 0.25) is 0 Å². The summed E-state index contributed by atoms with van der Waals surface area (Å²) < 4.78 is 18.3. The number of carbonyl (C=O) groups is 1. The maximum absolute atomic E-state index is 13.1. The molecule has 0 bridgehead atoms. The van der Waals surface area contributed by atoms with Crippen LogP contribution in [0.2, 0.25) is 0 Å². The standard InChI is InChI=1S/C13H13FO2/c1-8(2)13(15)16-12-6-4-9-3-5-10(14)7-11(9)12/h3,5-8H,4H2,1-2H3. The van der Waals surface area contributed by atoms with E-state index in [1.807, 2.05) is 6.08 Å². The summed E-state index contributed by atoms with van der Waals surface area (Å²) >= 11 is 0. The normalized spacial score (nSPS) is 13.6. The first-order valence-corrected chi connectivity index (χ1v) is 5.28. The number of rotatable bonds is 2. The molecule has 0 heterocycles. The van der Waals surface area contributed by atoms with Crippen LogP contribution in [0.5, 0.6) is 0 Å². The van der Waals surface area contributed by atoms with Gasteiger partial charge in [0.15, 0.2) is 0 Å². The van der Waals surface area contributed by atoms with Gasteiger partial charge in [-0.25, -0.2) is 4.39 Å². The van der Waals surface area contributed by atoms with Gasteiger partial charge in [-0.15, -0.1) is 0 Å². The number of esters is 1. The number of ether oxygens (including phenoxy) is 1. The van der Waals surface area contributed by atoms with Gasteiger partial charge in [-0.3, -0.25) is 4.79 Å². The Bertz CT molecular complexity index is 461. The van der Waals surface area contributed by atoms with Crippen LogP contribution in [-0.4, -0.2) is 5.97 Å². The third kappa shape index (κ3) is 1.98. The van der Waals surface area contributed by atoms with Crippen LogP contribution in [0.4, 0.5) is 4.39 Å². The molecule has 0 saturated heterocycles. The number of carbonyl (C=O) groups excluding carboxylic acids is 1.